The molecule has 2 amide bonds. The summed E-state index contributed by atoms with van der Waals surface area (Å²) in [6.07, 6.45) is 3.59. The van der Waals surface area contributed by atoms with Gasteiger partial charge in [0.05, 0.1) is 0 Å². The SMILES string of the molecule is CC(=O)NC(Cc1c[nH]c2ccccc12)C(=O)N1CC(C)CC(C)C1. The van der Waals surface area contributed by atoms with Crippen molar-refractivity contribution in [2.75, 3.05) is 13.1 Å². The Morgan fingerprint density at radius 3 is 2.60 bits per heavy atom. The van der Waals surface area contributed by atoms with Crippen LogP contribution in [0.2, 0.25) is 0 Å². The van der Waals surface area contributed by atoms with Crippen LogP contribution >= 0.6 is 0 Å². The smallest absolute Gasteiger partial charge is 0.245 e. The lowest BCUT2D eigenvalue weighted by Crippen LogP contribution is -2.52. The quantitative estimate of drug-likeness (QED) is 0.898. The summed E-state index contributed by atoms with van der Waals surface area (Å²) in [5.74, 6) is 0.854. The number of rotatable bonds is 4. The normalized spacial score (nSPS) is 22.0. The summed E-state index contributed by atoms with van der Waals surface area (Å²) in [4.78, 5) is 29.9. The molecule has 134 valence electrons. The molecule has 0 bridgehead atoms. The number of likely N-dealkylation sites (tertiary alicyclic amines) is 1. The highest BCUT2D eigenvalue weighted by atomic mass is 16.2. The molecule has 0 radical (unpaired) electrons. The number of aromatic nitrogens is 1. The van der Waals surface area contributed by atoms with E-state index in [1.54, 1.807) is 0 Å². The topological polar surface area (TPSA) is 65.2 Å². The Kier molecular flexibility index (Phi) is 5.11. The zero-order valence-electron chi connectivity index (χ0n) is 15.2. The highest BCUT2D eigenvalue weighted by Crippen LogP contribution is 2.23. The van der Waals surface area contributed by atoms with Crippen LogP contribution in [0.1, 0.15) is 32.8 Å². The highest BCUT2D eigenvalue weighted by molar-refractivity contribution is 5.89. The first-order valence-corrected chi connectivity index (χ1v) is 9.05. The summed E-state index contributed by atoms with van der Waals surface area (Å²) in [7, 11) is 0. The van der Waals surface area contributed by atoms with E-state index in [4.69, 9.17) is 0 Å². The summed E-state index contributed by atoms with van der Waals surface area (Å²) in [5.41, 5.74) is 2.10. The van der Waals surface area contributed by atoms with Crippen molar-refractivity contribution in [2.45, 2.75) is 39.7 Å². The van der Waals surface area contributed by atoms with Gasteiger partial charge >= 0.3 is 0 Å². The summed E-state index contributed by atoms with van der Waals surface area (Å²) >= 11 is 0. The van der Waals surface area contributed by atoms with Gasteiger partial charge in [-0.25, -0.2) is 0 Å². The Balaban J connectivity index is 1.81. The number of aromatic amines is 1. The maximum Gasteiger partial charge on any atom is 0.245 e. The molecule has 1 aliphatic rings. The van der Waals surface area contributed by atoms with Crippen molar-refractivity contribution in [2.24, 2.45) is 11.8 Å². The van der Waals surface area contributed by atoms with E-state index < -0.39 is 6.04 Å². The zero-order chi connectivity index (χ0) is 18.0. The van der Waals surface area contributed by atoms with Crippen LogP contribution < -0.4 is 5.32 Å². The third-order valence-electron chi connectivity index (χ3n) is 4.96. The molecule has 1 aromatic carbocycles. The van der Waals surface area contributed by atoms with E-state index in [0.717, 1.165) is 36.0 Å². The molecular weight excluding hydrogens is 314 g/mol. The molecule has 1 fully saturated rings. The molecule has 3 unspecified atom stereocenters. The van der Waals surface area contributed by atoms with Crippen LogP contribution in [0.4, 0.5) is 0 Å². The van der Waals surface area contributed by atoms with E-state index in [2.05, 4.69) is 24.1 Å². The van der Waals surface area contributed by atoms with Gasteiger partial charge in [0.15, 0.2) is 0 Å². The Bertz CT molecular complexity index is 757. The number of amides is 2. The van der Waals surface area contributed by atoms with Crippen molar-refractivity contribution in [1.82, 2.24) is 15.2 Å². The van der Waals surface area contributed by atoms with Crippen molar-refractivity contribution in [1.29, 1.82) is 0 Å². The van der Waals surface area contributed by atoms with E-state index in [1.165, 1.54) is 6.92 Å². The number of H-pyrrole nitrogens is 1. The lowest BCUT2D eigenvalue weighted by Gasteiger charge is -2.37. The average molecular weight is 341 g/mol. The van der Waals surface area contributed by atoms with Gasteiger partial charge in [-0.2, -0.15) is 0 Å². The minimum atomic E-state index is -0.519. The minimum absolute atomic E-state index is 0.0267. The van der Waals surface area contributed by atoms with E-state index in [1.807, 2.05) is 35.4 Å². The van der Waals surface area contributed by atoms with Crippen molar-refractivity contribution in [3.63, 3.8) is 0 Å². The fourth-order valence-corrected chi connectivity index (χ4v) is 4.03. The highest BCUT2D eigenvalue weighted by Gasteiger charge is 2.31. The van der Waals surface area contributed by atoms with Gasteiger partial charge in [0, 0.05) is 43.5 Å². The van der Waals surface area contributed by atoms with Gasteiger partial charge in [-0.05, 0) is 29.9 Å². The van der Waals surface area contributed by atoms with Crippen molar-refractivity contribution < 1.29 is 9.59 Å². The number of piperidine rings is 1. The first kappa shape index (κ1) is 17.5. The van der Waals surface area contributed by atoms with E-state index in [-0.39, 0.29) is 11.8 Å². The summed E-state index contributed by atoms with van der Waals surface area (Å²) in [6, 6.07) is 7.51. The van der Waals surface area contributed by atoms with Crippen LogP contribution in [0.3, 0.4) is 0 Å². The first-order valence-electron chi connectivity index (χ1n) is 9.05. The molecule has 3 atom stereocenters. The first-order chi connectivity index (χ1) is 11.9. The molecule has 5 nitrogen and oxygen atoms in total. The maximum atomic E-state index is 13.1. The standard InChI is InChI=1S/C20H27N3O2/c1-13-8-14(2)12-23(11-13)20(25)19(22-15(3)24)9-16-10-21-18-7-5-4-6-17(16)18/h4-7,10,13-14,19,21H,8-9,11-12H2,1-3H3,(H,22,24). The predicted octanol–water partition coefficient (Wildman–Crippen LogP) is 2.72. The van der Waals surface area contributed by atoms with Gasteiger partial charge in [-0.1, -0.05) is 32.0 Å². The molecule has 0 saturated carbocycles. The van der Waals surface area contributed by atoms with Crippen molar-refractivity contribution >= 4 is 22.7 Å². The largest absolute Gasteiger partial charge is 0.361 e. The molecule has 0 aliphatic carbocycles. The van der Waals surface area contributed by atoms with Crippen LogP contribution in [0.15, 0.2) is 30.5 Å². The van der Waals surface area contributed by atoms with Crippen molar-refractivity contribution in [3.05, 3.63) is 36.0 Å². The Hall–Kier alpha value is -2.30. The third-order valence-corrected chi connectivity index (χ3v) is 4.96. The number of nitrogens with zero attached hydrogens (tertiary/aromatic N) is 1. The van der Waals surface area contributed by atoms with Gasteiger partial charge in [0.2, 0.25) is 11.8 Å². The molecule has 0 spiro atoms. The number of carbonyl (C=O) groups is 2. The lowest BCUT2D eigenvalue weighted by molar-refractivity contribution is -0.138. The van der Waals surface area contributed by atoms with Gasteiger partial charge in [-0.15, -0.1) is 0 Å². The monoisotopic (exact) mass is 341 g/mol. The molecule has 2 aromatic rings. The van der Waals surface area contributed by atoms with Crippen LogP contribution in [0.25, 0.3) is 10.9 Å². The molecule has 3 rings (SSSR count). The third kappa shape index (κ3) is 4.03. The summed E-state index contributed by atoms with van der Waals surface area (Å²) in [5, 5.41) is 3.97. The number of para-hydroxylation sites is 1. The zero-order valence-corrected chi connectivity index (χ0v) is 15.2. The predicted molar refractivity (Wildman–Crippen MR) is 99.1 cm³/mol. The molecule has 1 aromatic heterocycles. The molecular formula is C20H27N3O2. The molecule has 1 aliphatic heterocycles. The fourth-order valence-electron chi connectivity index (χ4n) is 4.03. The van der Waals surface area contributed by atoms with Gasteiger partial charge in [0.1, 0.15) is 6.04 Å². The van der Waals surface area contributed by atoms with Crippen molar-refractivity contribution in [3.8, 4) is 0 Å². The fraction of sp³-hybridized carbons (Fsp3) is 0.500. The second kappa shape index (κ2) is 7.30. The van der Waals surface area contributed by atoms with Crippen LogP contribution in [-0.2, 0) is 16.0 Å². The van der Waals surface area contributed by atoms with Crippen LogP contribution in [-0.4, -0.2) is 40.8 Å². The molecule has 2 N–H and O–H groups in total. The summed E-state index contributed by atoms with van der Waals surface area (Å²) in [6.45, 7) is 7.38. The second-order valence-corrected chi connectivity index (χ2v) is 7.51. The van der Waals surface area contributed by atoms with E-state index in [9.17, 15) is 9.59 Å². The number of hydrogen-bond acceptors (Lipinski definition) is 2. The van der Waals surface area contributed by atoms with Crippen LogP contribution in [0, 0.1) is 11.8 Å². The van der Waals surface area contributed by atoms with Crippen LogP contribution in [0.5, 0.6) is 0 Å². The minimum Gasteiger partial charge on any atom is -0.361 e. The number of benzene rings is 1. The molecule has 5 heteroatoms. The molecule has 25 heavy (non-hydrogen) atoms. The summed E-state index contributed by atoms with van der Waals surface area (Å²) < 4.78 is 0. The van der Waals surface area contributed by atoms with Gasteiger partial charge in [0.25, 0.3) is 0 Å². The lowest BCUT2D eigenvalue weighted by atomic mass is 9.91. The Morgan fingerprint density at radius 2 is 1.92 bits per heavy atom. The van der Waals surface area contributed by atoms with E-state index in [0.29, 0.717) is 18.3 Å². The molecule has 2 heterocycles. The Labute approximate surface area is 148 Å². The number of hydrogen-bond donors (Lipinski definition) is 2. The second-order valence-electron chi connectivity index (χ2n) is 7.51. The van der Waals surface area contributed by atoms with Gasteiger partial charge in [-0.3, -0.25) is 9.59 Å². The maximum absolute atomic E-state index is 13.1. The number of nitrogens with one attached hydrogen (secondary N) is 2. The number of fused-ring (bicyclic) bond motifs is 1. The molecule has 1 saturated heterocycles. The Morgan fingerprint density at radius 1 is 1.24 bits per heavy atom. The average Bonchev–Trinajstić information content (AvgIpc) is 2.95. The number of carbonyl (C=O) groups excluding carboxylic acids is 2. The van der Waals surface area contributed by atoms with E-state index >= 15 is 0 Å². The van der Waals surface area contributed by atoms with Gasteiger partial charge < -0.3 is 15.2 Å².